The fourth-order valence-corrected chi connectivity index (χ4v) is 2.27. The Morgan fingerprint density at radius 3 is 2.88 bits per heavy atom. The zero-order valence-electron chi connectivity index (χ0n) is 13.0. The first-order valence-electron chi connectivity index (χ1n) is 6.93. The number of aryl methyl sites for hydroxylation is 1. The van der Waals surface area contributed by atoms with Crippen molar-refractivity contribution in [1.29, 1.82) is 0 Å². The molecule has 0 unspecified atom stereocenters. The van der Waals surface area contributed by atoms with Crippen LogP contribution in [-0.2, 0) is 25.5 Å². The number of nitrogens with zero attached hydrogens (tertiary/aromatic N) is 2. The number of rotatable bonds is 6. The Labute approximate surface area is 140 Å². The lowest BCUT2D eigenvalue weighted by Gasteiger charge is -2.11. The summed E-state index contributed by atoms with van der Waals surface area (Å²) in [7, 11) is 1.12. The van der Waals surface area contributed by atoms with Gasteiger partial charge in [0.15, 0.2) is 6.10 Å². The fourth-order valence-electron chi connectivity index (χ4n) is 1.64. The van der Waals surface area contributed by atoms with E-state index in [0.717, 1.165) is 12.7 Å². The van der Waals surface area contributed by atoms with Crippen molar-refractivity contribution in [3.05, 3.63) is 22.7 Å². The minimum absolute atomic E-state index is 0.0406. The van der Waals surface area contributed by atoms with E-state index >= 15 is 0 Å². The quantitative estimate of drug-likeness (QED) is 0.776. The molecule has 0 fully saturated rings. The van der Waals surface area contributed by atoms with Crippen LogP contribution >= 0.6 is 11.3 Å². The summed E-state index contributed by atoms with van der Waals surface area (Å²) in [6, 6.07) is 1.86. The number of thiophene rings is 1. The molecule has 2 aromatic rings. The van der Waals surface area contributed by atoms with E-state index in [2.05, 4.69) is 14.9 Å². The molecule has 0 aliphatic carbocycles. The minimum atomic E-state index is -1.12. The summed E-state index contributed by atoms with van der Waals surface area (Å²) in [5.74, 6) is -0.657. The van der Waals surface area contributed by atoms with Crippen LogP contribution in [0.3, 0.4) is 0 Å². The van der Waals surface area contributed by atoms with Gasteiger partial charge in [0.1, 0.15) is 0 Å². The summed E-state index contributed by atoms with van der Waals surface area (Å²) in [5, 5.41) is 9.50. The maximum absolute atomic E-state index is 11.7. The van der Waals surface area contributed by atoms with E-state index in [1.165, 1.54) is 18.3 Å². The lowest BCUT2D eigenvalue weighted by atomic mass is 10.3. The summed E-state index contributed by atoms with van der Waals surface area (Å²) in [6.07, 6.45) is -1.90. The molecule has 2 aromatic heterocycles. The Hall–Kier alpha value is -2.75. The highest BCUT2D eigenvalue weighted by atomic mass is 32.1. The number of hydrogen-bond acceptors (Lipinski definition) is 9. The highest BCUT2D eigenvalue weighted by Gasteiger charge is 2.20. The van der Waals surface area contributed by atoms with Gasteiger partial charge in [-0.05, 0) is 18.4 Å². The van der Waals surface area contributed by atoms with Gasteiger partial charge in [-0.25, -0.2) is 4.79 Å². The van der Waals surface area contributed by atoms with Gasteiger partial charge in [0.25, 0.3) is 5.91 Å². The van der Waals surface area contributed by atoms with Gasteiger partial charge in [0.05, 0.1) is 13.5 Å². The molecule has 0 aromatic carbocycles. The number of aromatic nitrogens is 2. The fraction of sp³-hybridized carbons (Fsp3) is 0.357. The molecule has 1 atom stereocenters. The van der Waals surface area contributed by atoms with Crippen molar-refractivity contribution < 1.29 is 28.4 Å². The zero-order chi connectivity index (χ0) is 17.5. The van der Waals surface area contributed by atoms with Crippen LogP contribution in [-0.4, -0.2) is 41.3 Å². The summed E-state index contributed by atoms with van der Waals surface area (Å²) in [4.78, 5) is 38.3. The first-order chi connectivity index (χ1) is 11.5. The Bertz CT molecular complexity index is 712. The van der Waals surface area contributed by atoms with Gasteiger partial charge in [-0.1, -0.05) is 5.16 Å². The standard InChI is InChI=1S/C14H15N3O6S/c1-8(13(19)16-14(20)21-2)22-11(18)4-3-10-15-12(17-23-10)9-5-6-24-7-9/h5-8H,3-4H2,1-2H3,(H,16,19,20)/t8-/m0/s1. The Kier molecular flexibility index (Phi) is 6.01. The number of nitrogens with one attached hydrogen (secondary N) is 1. The van der Waals surface area contributed by atoms with Gasteiger partial charge in [-0.2, -0.15) is 16.3 Å². The van der Waals surface area contributed by atoms with Gasteiger partial charge in [0.2, 0.25) is 11.7 Å². The monoisotopic (exact) mass is 353 g/mol. The first-order valence-corrected chi connectivity index (χ1v) is 7.87. The molecule has 24 heavy (non-hydrogen) atoms. The van der Waals surface area contributed by atoms with Gasteiger partial charge < -0.3 is 14.0 Å². The van der Waals surface area contributed by atoms with Crippen LogP contribution in [0.25, 0.3) is 11.4 Å². The van der Waals surface area contributed by atoms with Crippen molar-refractivity contribution in [3.8, 4) is 11.4 Å². The highest BCUT2D eigenvalue weighted by molar-refractivity contribution is 7.08. The summed E-state index contributed by atoms with van der Waals surface area (Å²) in [6.45, 7) is 1.34. The second-order valence-electron chi connectivity index (χ2n) is 4.64. The van der Waals surface area contributed by atoms with Crippen LogP contribution in [0.5, 0.6) is 0 Å². The third kappa shape index (κ3) is 4.88. The number of methoxy groups -OCH3 is 1. The van der Waals surface area contributed by atoms with Gasteiger partial charge in [0, 0.05) is 17.4 Å². The maximum Gasteiger partial charge on any atom is 0.413 e. The molecule has 10 heteroatoms. The van der Waals surface area contributed by atoms with Crippen molar-refractivity contribution in [2.45, 2.75) is 25.9 Å². The molecule has 9 nitrogen and oxygen atoms in total. The SMILES string of the molecule is COC(=O)NC(=O)[C@H](C)OC(=O)CCc1nc(-c2ccsc2)no1. The normalized spacial score (nSPS) is 11.6. The third-order valence-corrected chi connectivity index (χ3v) is 3.56. The minimum Gasteiger partial charge on any atom is -0.453 e. The van der Waals surface area contributed by atoms with Crippen LogP contribution in [0.1, 0.15) is 19.2 Å². The molecular weight excluding hydrogens is 338 g/mol. The molecule has 1 N–H and O–H groups in total. The van der Waals surface area contributed by atoms with Crippen molar-refractivity contribution in [2.75, 3.05) is 7.11 Å². The molecule has 0 radical (unpaired) electrons. The predicted octanol–water partition coefficient (Wildman–Crippen LogP) is 1.54. The molecule has 0 aliphatic heterocycles. The lowest BCUT2D eigenvalue weighted by Crippen LogP contribution is -2.39. The average Bonchev–Trinajstić information content (AvgIpc) is 3.23. The number of ether oxygens (including phenoxy) is 2. The first kappa shape index (κ1) is 17.6. The van der Waals surface area contributed by atoms with E-state index in [-0.39, 0.29) is 12.8 Å². The molecule has 2 amide bonds. The molecule has 0 aliphatic rings. The third-order valence-electron chi connectivity index (χ3n) is 2.88. The van der Waals surface area contributed by atoms with Crippen LogP contribution in [0.4, 0.5) is 4.79 Å². The molecule has 128 valence electrons. The van der Waals surface area contributed by atoms with Gasteiger partial charge in [-0.15, -0.1) is 0 Å². The van der Waals surface area contributed by atoms with Crippen molar-refractivity contribution in [1.82, 2.24) is 15.5 Å². The molecule has 0 bridgehead atoms. The van der Waals surface area contributed by atoms with Crippen molar-refractivity contribution >= 4 is 29.3 Å². The van der Waals surface area contributed by atoms with E-state index in [1.807, 2.05) is 22.1 Å². The number of carbonyl (C=O) groups excluding carboxylic acids is 3. The topological polar surface area (TPSA) is 121 Å². The van der Waals surface area contributed by atoms with Gasteiger partial charge in [-0.3, -0.25) is 14.9 Å². The maximum atomic E-state index is 11.7. The number of amides is 2. The number of alkyl carbamates (subject to hydrolysis) is 1. The Balaban J connectivity index is 1.79. The van der Waals surface area contributed by atoms with Crippen LogP contribution in [0.2, 0.25) is 0 Å². The second kappa shape index (κ2) is 8.20. The smallest absolute Gasteiger partial charge is 0.413 e. The van der Waals surface area contributed by atoms with Crippen molar-refractivity contribution in [2.24, 2.45) is 0 Å². The summed E-state index contributed by atoms with van der Waals surface area (Å²) < 4.78 is 14.2. The van der Waals surface area contributed by atoms with Crippen LogP contribution < -0.4 is 5.32 Å². The molecule has 2 rings (SSSR count). The average molecular weight is 353 g/mol. The van der Waals surface area contributed by atoms with Crippen LogP contribution in [0.15, 0.2) is 21.3 Å². The van der Waals surface area contributed by atoms with E-state index in [9.17, 15) is 14.4 Å². The second-order valence-corrected chi connectivity index (χ2v) is 5.42. The summed E-state index contributed by atoms with van der Waals surface area (Å²) >= 11 is 1.51. The zero-order valence-corrected chi connectivity index (χ0v) is 13.8. The summed E-state index contributed by atoms with van der Waals surface area (Å²) in [5.41, 5.74) is 0.839. The molecule has 0 spiro atoms. The van der Waals surface area contributed by atoms with E-state index in [1.54, 1.807) is 0 Å². The van der Waals surface area contributed by atoms with E-state index in [0.29, 0.717) is 11.7 Å². The number of carbonyl (C=O) groups is 3. The molecule has 2 heterocycles. The number of esters is 1. The van der Waals surface area contributed by atoms with Crippen LogP contribution in [0, 0.1) is 0 Å². The molecule has 0 saturated heterocycles. The predicted molar refractivity (Wildman–Crippen MR) is 82.0 cm³/mol. The largest absolute Gasteiger partial charge is 0.453 e. The van der Waals surface area contributed by atoms with Crippen molar-refractivity contribution in [3.63, 3.8) is 0 Å². The van der Waals surface area contributed by atoms with E-state index < -0.39 is 24.1 Å². The van der Waals surface area contributed by atoms with Gasteiger partial charge >= 0.3 is 12.1 Å². The highest BCUT2D eigenvalue weighted by Crippen LogP contribution is 2.19. The Morgan fingerprint density at radius 1 is 1.42 bits per heavy atom. The Morgan fingerprint density at radius 2 is 2.21 bits per heavy atom. The molecular formula is C14H15N3O6S. The van der Waals surface area contributed by atoms with E-state index in [4.69, 9.17) is 9.26 Å². The lowest BCUT2D eigenvalue weighted by molar-refractivity contribution is -0.154. The number of imide groups is 1. The molecule has 0 saturated carbocycles. The number of hydrogen-bond donors (Lipinski definition) is 1.